The third-order valence-corrected chi connectivity index (χ3v) is 6.50. The van der Waals surface area contributed by atoms with Gasteiger partial charge in [-0.05, 0) is 56.2 Å². The average Bonchev–Trinajstić information content (AvgIpc) is 3.24. The highest BCUT2D eigenvalue weighted by atomic mass is 32.2. The van der Waals surface area contributed by atoms with E-state index in [1.54, 1.807) is 10.6 Å². The molecule has 11 heteroatoms. The molecule has 170 valence electrons. The number of sulfonamides is 1. The summed E-state index contributed by atoms with van der Waals surface area (Å²) in [4.78, 5) is 20.9. The highest BCUT2D eigenvalue weighted by Crippen LogP contribution is 2.21. The van der Waals surface area contributed by atoms with Crippen LogP contribution in [0.3, 0.4) is 0 Å². The van der Waals surface area contributed by atoms with Gasteiger partial charge in [-0.25, -0.2) is 22.3 Å². The van der Waals surface area contributed by atoms with E-state index >= 15 is 0 Å². The van der Waals surface area contributed by atoms with E-state index < -0.39 is 15.8 Å². The van der Waals surface area contributed by atoms with Crippen molar-refractivity contribution in [3.8, 4) is 0 Å². The van der Waals surface area contributed by atoms with Crippen molar-refractivity contribution in [2.24, 2.45) is 0 Å². The number of carbonyl (C=O) groups excluding carboxylic acids is 1. The first-order chi connectivity index (χ1) is 15.7. The van der Waals surface area contributed by atoms with Gasteiger partial charge in [0.1, 0.15) is 12.1 Å². The van der Waals surface area contributed by atoms with E-state index in [2.05, 4.69) is 25.1 Å². The van der Waals surface area contributed by atoms with Crippen molar-refractivity contribution < 1.29 is 17.6 Å². The van der Waals surface area contributed by atoms with Gasteiger partial charge in [-0.1, -0.05) is 18.2 Å². The van der Waals surface area contributed by atoms with Gasteiger partial charge < -0.3 is 5.32 Å². The molecule has 0 unspecified atom stereocenters. The zero-order valence-electron chi connectivity index (χ0n) is 17.9. The number of para-hydroxylation sites is 1. The van der Waals surface area contributed by atoms with Gasteiger partial charge in [0.15, 0.2) is 0 Å². The second kappa shape index (κ2) is 8.94. The van der Waals surface area contributed by atoms with Gasteiger partial charge in [-0.3, -0.25) is 9.52 Å². The minimum Gasteiger partial charge on any atom is -0.326 e. The molecule has 1 amide bonds. The van der Waals surface area contributed by atoms with Crippen LogP contribution in [-0.4, -0.2) is 33.9 Å². The Hall–Kier alpha value is -3.86. The first-order valence-electron chi connectivity index (χ1n) is 10.1. The maximum Gasteiger partial charge on any atom is 0.262 e. The summed E-state index contributed by atoms with van der Waals surface area (Å²) in [6, 6.07) is 11.2. The molecule has 0 aliphatic rings. The van der Waals surface area contributed by atoms with Gasteiger partial charge in [0.25, 0.3) is 15.8 Å². The Morgan fingerprint density at radius 1 is 1.12 bits per heavy atom. The molecule has 4 aromatic rings. The smallest absolute Gasteiger partial charge is 0.262 e. The number of rotatable bonds is 7. The number of fused-ring (bicyclic) bond motifs is 1. The molecule has 2 aromatic heterocycles. The minimum atomic E-state index is -4.04. The minimum absolute atomic E-state index is 0.101. The van der Waals surface area contributed by atoms with Crippen molar-refractivity contribution in [3.63, 3.8) is 0 Å². The molecule has 2 N–H and O–H groups in total. The molecule has 2 heterocycles. The quantitative estimate of drug-likeness (QED) is 0.430. The number of hydrogen-bond donors (Lipinski definition) is 2. The Balaban J connectivity index is 1.45. The van der Waals surface area contributed by atoms with Gasteiger partial charge in [0, 0.05) is 23.5 Å². The summed E-state index contributed by atoms with van der Waals surface area (Å²) < 4.78 is 43.0. The van der Waals surface area contributed by atoms with Crippen molar-refractivity contribution in [1.82, 2.24) is 19.6 Å². The molecule has 0 aliphatic heterocycles. The van der Waals surface area contributed by atoms with E-state index in [-0.39, 0.29) is 22.9 Å². The molecule has 0 radical (unpaired) electrons. The number of anilines is 2. The summed E-state index contributed by atoms with van der Waals surface area (Å²) in [6.45, 7) is 3.74. The molecule has 0 aliphatic carbocycles. The molecular formula is C22H21FN6O3S. The van der Waals surface area contributed by atoms with E-state index in [0.29, 0.717) is 17.9 Å². The lowest BCUT2D eigenvalue weighted by molar-refractivity contribution is -0.116. The van der Waals surface area contributed by atoms with Crippen LogP contribution in [0.1, 0.15) is 23.4 Å². The summed E-state index contributed by atoms with van der Waals surface area (Å²) in [5.74, 6) is -0.473. The second-order valence-corrected chi connectivity index (χ2v) is 9.08. The molecule has 33 heavy (non-hydrogen) atoms. The van der Waals surface area contributed by atoms with Crippen molar-refractivity contribution in [3.05, 3.63) is 77.6 Å². The summed E-state index contributed by atoms with van der Waals surface area (Å²) in [6.07, 6.45) is 2.01. The van der Waals surface area contributed by atoms with Crippen LogP contribution in [0, 0.1) is 19.7 Å². The predicted molar refractivity (Wildman–Crippen MR) is 121 cm³/mol. The number of nitrogens with one attached hydrogen (secondary N) is 2. The Morgan fingerprint density at radius 3 is 2.70 bits per heavy atom. The lowest BCUT2D eigenvalue weighted by Gasteiger charge is -2.12. The van der Waals surface area contributed by atoms with Crippen molar-refractivity contribution >= 4 is 33.1 Å². The lowest BCUT2D eigenvalue weighted by Crippen LogP contribution is -2.16. The molecule has 2 aromatic carbocycles. The number of nitrogens with zero attached hydrogens (tertiary/aromatic N) is 4. The molecule has 0 spiro atoms. The van der Waals surface area contributed by atoms with Crippen LogP contribution in [0.15, 0.2) is 59.8 Å². The zero-order chi connectivity index (χ0) is 23.6. The van der Waals surface area contributed by atoms with E-state index in [4.69, 9.17) is 0 Å². The number of hydrogen-bond acceptors (Lipinski definition) is 6. The summed E-state index contributed by atoms with van der Waals surface area (Å²) in [7, 11) is -4.04. The fourth-order valence-corrected chi connectivity index (χ4v) is 4.58. The Bertz CT molecular complexity index is 1450. The standard InChI is InChI=1S/C22H21FN6O3S/c1-14-18(15(2)29-22(26-14)24-13-25-29)10-11-21(30)27-16-6-5-7-17(12-16)33(31,32)28-20-9-4-3-8-19(20)23/h3-9,12-13,28H,10-11H2,1-2H3,(H,27,30). The second-order valence-electron chi connectivity index (χ2n) is 7.39. The first-order valence-corrected chi connectivity index (χ1v) is 11.6. The third kappa shape index (κ3) is 4.82. The van der Waals surface area contributed by atoms with Crippen LogP contribution in [0.25, 0.3) is 5.78 Å². The van der Waals surface area contributed by atoms with Crippen LogP contribution in [-0.2, 0) is 21.2 Å². The number of benzene rings is 2. The van der Waals surface area contributed by atoms with Gasteiger partial charge in [0.05, 0.1) is 10.6 Å². The van der Waals surface area contributed by atoms with Crippen molar-refractivity contribution in [2.45, 2.75) is 31.6 Å². The fourth-order valence-electron chi connectivity index (χ4n) is 3.47. The first kappa shape index (κ1) is 22.3. The predicted octanol–water partition coefficient (Wildman–Crippen LogP) is 3.25. The van der Waals surface area contributed by atoms with Crippen molar-refractivity contribution in [1.29, 1.82) is 0 Å². The van der Waals surface area contributed by atoms with Gasteiger partial charge in [-0.2, -0.15) is 10.1 Å². The van der Waals surface area contributed by atoms with E-state index in [9.17, 15) is 17.6 Å². The highest BCUT2D eigenvalue weighted by Gasteiger charge is 2.17. The Kier molecular flexibility index (Phi) is 6.05. The van der Waals surface area contributed by atoms with Crippen LogP contribution >= 0.6 is 0 Å². The van der Waals surface area contributed by atoms with Crippen LogP contribution < -0.4 is 10.0 Å². The number of halogens is 1. The number of aryl methyl sites for hydroxylation is 2. The maximum atomic E-state index is 13.8. The van der Waals surface area contributed by atoms with Crippen LogP contribution in [0.2, 0.25) is 0 Å². The van der Waals surface area contributed by atoms with E-state index in [0.717, 1.165) is 23.0 Å². The van der Waals surface area contributed by atoms with Gasteiger partial charge >= 0.3 is 0 Å². The molecule has 0 bridgehead atoms. The molecule has 0 atom stereocenters. The maximum absolute atomic E-state index is 13.8. The van der Waals surface area contributed by atoms with Crippen molar-refractivity contribution in [2.75, 3.05) is 10.0 Å². The van der Waals surface area contributed by atoms with Crippen LogP contribution in [0.4, 0.5) is 15.8 Å². The average molecular weight is 469 g/mol. The Labute approximate surface area is 189 Å². The number of aromatic nitrogens is 4. The molecular weight excluding hydrogens is 447 g/mol. The monoisotopic (exact) mass is 468 g/mol. The molecule has 4 rings (SSSR count). The Morgan fingerprint density at radius 2 is 1.91 bits per heavy atom. The van der Waals surface area contributed by atoms with Gasteiger partial charge in [0.2, 0.25) is 5.91 Å². The normalized spacial score (nSPS) is 11.5. The molecule has 9 nitrogen and oxygen atoms in total. The number of carbonyl (C=O) groups is 1. The zero-order valence-corrected chi connectivity index (χ0v) is 18.7. The molecule has 0 fully saturated rings. The summed E-state index contributed by atoms with van der Waals surface area (Å²) in [5.41, 5.74) is 2.68. The third-order valence-electron chi connectivity index (χ3n) is 5.14. The number of amides is 1. The highest BCUT2D eigenvalue weighted by molar-refractivity contribution is 7.92. The SMILES string of the molecule is Cc1nc2ncnn2c(C)c1CCC(=O)Nc1cccc(S(=O)(=O)Nc2ccccc2F)c1. The van der Waals surface area contributed by atoms with E-state index in [1.165, 1.54) is 42.7 Å². The largest absolute Gasteiger partial charge is 0.326 e. The fraction of sp³-hybridized carbons (Fsp3) is 0.182. The summed E-state index contributed by atoms with van der Waals surface area (Å²) in [5, 5.41) is 6.85. The summed E-state index contributed by atoms with van der Waals surface area (Å²) >= 11 is 0. The molecule has 0 saturated carbocycles. The van der Waals surface area contributed by atoms with Crippen LogP contribution in [0.5, 0.6) is 0 Å². The lowest BCUT2D eigenvalue weighted by atomic mass is 10.1. The topological polar surface area (TPSA) is 118 Å². The molecule has 0 saturated heterocycles. The van der Waals surface area contributed by atoms with Gasteiger partial charge in [-0.15, -0.1) is 0 Å². The van der Waals surface area contributed by atoms with E-state index in [1.807, 2.05) is 13.8 Å².